The van der Waals surface area contributed by atoms with Gasteiger partial charge in [-0.25, -0.2) is 4.79 Å². The Bertz CT molecular complexity index is 431. The van der Waals surface area contributed by atoms with Crippen LogP contribution in [0.4, 0.5) is 0 Å². The third-order valence-corrected chi connectivity index (χ3v) is 3.20. The van der Waals surface area contributed by atoms with Crippen LogP contribution in [0.25, 0.3) is 0 Å². The predicted octanol–water partition coefficient (Wildman–Crippen LogP) is 1.22. The van der Waals surface area contributed by atoms with E-state index in [9.17, 15) is 4.79 Å². The summed E-state index contributed by atoms with van der Waals surface area (Å²) in [6.07, 6.45) is 2.34. The van der Waals surface area contributed by atoms with Crippen LogP contribution < -0.4 is 4.74 Å². The Morgan fingerprint density at radius 1 is 1.32 bits per heavy atom. The van der Waals surface area contributed by atoms with E-state index in [2.05, 4.69) is 4.90 Å². The summed E-state index contributed by atoms with van der Waals surface area (Å²) in [5.41, 5.74) is 0.183. The van der Waals surface area contributed by atoms with Crippen molar-refractivity contribution < 1.29 is 19.7 Å². The van der Waals surface area contributed by atoms with Gasteiger partial charge in [0, 0.05) is 19.1 Å². The highest BCUT2D eigenvalue weighted by Gasteiger charge is 2.28. The van der Waals surface area contributed by atoms with Gasteiger partial charge in [0.25, 0.3) is 0 Å². The van der Waals surface area contributed by atoms with E-state index >= 15 is 0 Å². The van der Waals surface area contributed by atoms with Gasteiger partial charge in [0.15, 0.2) is 0 Å². The number of benzene rings is 1. The van der Waals surface area contributed by atoms with E-state index in [-0.39, 0.29) is 12.2 Å². The zero-order valence-electron chi connectivity index (χ0n) is 10.8. The lowest BCUT2D eigenvalue weighted by molar-refractivity contribution is 0.0691. The Labute approximate surface area is 112 Å². The summed E-state index contributed by atoms with van der Waals surface area (Å²) in [5.74, 6) is -0.584. The fourth-order valence-corrected chi connectivity index (χ4v) is 2.09. The number of aliphatic hydroxyl groups is 1. The van der Waals surface area contributed by atoms with Crippen LogP contribution in [-0.4, -0.2) is 53.4 Å². The van der Waals surface area contributed by atoms with Crippen molar-refractivity contribution in [3.63, 3.8) is 0 Å². The molecule has 0 bridgehead atoms. The van der Waals surface area contributed by atoms with Gasteiger partial charge in [0.2, 0.25) is 0 Å². The molecule has 1 aromatic carbocycles. The van der Waals surface area contributed by atoms with Crippen LogP contribution in [0.3, 0.4) is 0 Å². The van der Waals surface area contributed by atoms with Gasteiger partial charge < -0.3 is 14.9 Å². The monoisotopic (exact) mass is 265 g/mol. The number of nitrogens with zero attached hydrogens (tertiary/aromatic N) is 1. The molecule has 1 aromatic rings. The van der Waals surface area contributed by atoms with E-state index in [1.165, 1.54) is 18.9 Å². The van der Waals surface area contributed by atoms with Gasteiger partial charge in [-0.15, -0.1) is 0 Å². The van der Waals surface area contributed by atoms with Crippen molar-refractivity contribution in [2.75, 3.05) is 26.3 Å². The summed E-state index contributed by atoms with van der Waals surface area (Å²) in [5, 5.41) is 18.0. The average molecular weight is 265 g/mol. The molecule has 2 N–H and O–H groups in total. The molecule has 0 radical (unpaired) electrons. The first-order valence-electron chi connectivity index (χ1n) is 6.52. The molecule has 1 aliphatic carbocycles. The van der Waals surface area contributed by atoms with Crippen molar-refractivity contribution in [3.8, 4) is 5.75 Å². The highest BCUT2D eigenvalue weighted by atomic mass is 16.5. The second-order valence-corrected chi connectivity index (χ2v) is 4.64. The number of aliphatic hydroxyl groups excluding tert-OH is 1. The second kappa shape index (κ2) is 6.54. The number of carboxylic acids is 1. The molecule has 0 heterocycles. The van der Waals surface area contributed by atoms with E-state index in [4.69, 9.17) is 14.9 Å². The van der Waals surface area contributed by atoms with Crippen molar-refractivity contribution in [1.82, 2.24) is 4.90 Å². The van der Waals surface area contributed by atoms with Crippen molar-refractivity contribution in [3.05, 3.63) is 29.8 Å². The minimum Gasteiger partial charge on any atom is -0.491 e. The molecule has 1 aliphatic rings. The Balaban J connectivity index is 1.86. The normalized spacial score (nSPS) is 14.6. The maximum Gasteiger partial charge on any atom is 0.339 e. The summed E-state index contributed by atoms with van der Waals surface area (Å²) < 4.78 is 5.55. The van der Waals surface area contributed by atoms with Crippen LogP contribution in [0.5, 0.6) is 5.75 Å². The van der Waals surface area contributed by atoms with Gasteiger partial charge in [-0.05, 0) is 25.0 Å². The summed E-state index contributed by atoms with van der Waals surface area (Å²) in [7, 11) is 0. The summed E-state index contributed by atoms with van der Waals surface area (Å²) >= 11 is 0. The van der Waals surface area contributed by atoms with Crippen LogP contribution >= 0.6 is 0 Å². The van der Waals surface area contributed by atoms with Crippen molar-refractivity contribution in [2.45, 2.75) is 18.9 Å². The fraction of sp³-hybridized carbons (Fsp3) is 0.500. The van der Waals surface area contributed by atoms with E-state index in [1.807, 2.05) is 0 Å². The minimum absolute atomic E-state index is 0.141. The highest BCUT2D eigenvalue weighted by molar-refractivity contribution is 5.90. The quantitative estimate of drug-likeness (QED) is 0.739. The molecule has 0 aliphatic heterocycles. The SMILES string of the molecule is O=C(O)c1ccccc1OCCN(CCO)C1CC1. The van der Waals surface area contributed by atoms with Gasteiger partial charge in [-0.1, -0.05) is 12.1 Å². The van der Waals surface area contributed by atoms with Crippen LogP contribution in [0, 0.1) is 0 Å². The molecular formula is C14H19NO4. The number of para-hydroxylation sites is 1. The second-order valence-electron chi connectivity index (χ2n) is 4.64. The lowest BCUT2D eigenvalue weighted by atomic mass is 10.2. The Morgan fingerprint density at radius 2 is 2.05 bits per heavy atom. The molecule has 2 rings (SSSR count). The van der Waals surface area contributed by atoms with E-state index in [1.54, 1.807) is 18.2 Å². The predicted molar refractivity (Wildman–Crippen MR) is 70.6 cm³/mol. The number of carbonyl (C=O) groups is 1. The number of rotatable bonds is 8. The molecule has 5 nitrogen and oxygen atoms in total. The number of hydrogen-bond acceptors (Lipinski definition) is 4. The highest BCUT2D eigenvalue weighted by Crippen LogP contribution is 2.26. The standard InChI is InChI=1S/C14H19NO4/c16-9-7-15(11-5-6-11)8-10-19-13-4-2-1-3-12(13)14(17)18/h1-4,11,16H,5-10H2,(H,17,18). The van der Waals surface area contributed by atoms with Crippen molar-refractivity contribution >= 4 is 5.97 Å². The smallest absolute Gasteiger partial charge is 0.339 e. The molecule has 0 aromatic heterocycles. The average Bonchev–Trinajstić information content (AvgIpc) is 3.22. The molecule has 0 saturated heterocycles. The number of aromatic carboxylic acids is 1. The third kappa shape index (κ3) is 3.94. The Morgan fingerprint density at radius 3 is 2.68 bits per heavy atom. The third-order valence-electron chi connectivity index (χ3n) is 3.20. The summed E-state index contributed by atoms with van der Waals surface area (Å²) in [4.78, 5) is 13.2. The van der Waals surface area contributed by atoms with Gasteiger partial charge in [-0.3, -0.25) is 4.90 Å². The number of ether oxygens (including phenoxy) is 1. The zero-order valence-corrected chi connectivity index (χ0v) is 10.8. The molecule has 0 atom stereocenters. The first kappa shape index (κ1) is 13.8. The van der Waals surface area contributed by atoms with E-state index < -0.39 is 5.97 Å². The van der Waals surface area contributed by atoms with Crippen molar-refractivity contribution in [1.29, 1.82) is 0 Å². The Hall–Kier alpha value is -1.59. The van der Waals surface area contributed by atoms with Crippen LogP contribution in [0.1, 0.15) is 23.2 Å². The Kier molecular flexibility index (Phi) is 4.76. The van der Waals surface area contributed by atoms with Gasteiger partial charge in [0.05, 0.1) is 6.61 Å². The maximum absolute atomic E-state index is 11.0. The van der Waals surface area contributed by atoms with E-state index in [0.29, 0.717) is 31.5 Å². The molecule has 0 amide bonds. The van der Waals surface area contributed by atoms with Crippen LogP contribution in [-0.2, 0) is 0 Å². The minimum atomic E-state index is -0.981. The molecule has 1 fully saturated rings. The topological polar surface area (TPSA) is 70.0 Å². The van der Waals surface area contributed by atoms with E-state index in [0.717, 1.165) is 0 Å². The molecule has 5 heteroatoms. The number of hydrogen-bond donors (Lipinski definition) is 2. The molecule has 1 saturated carbocycles. The van der Waals surface area contributed by atoms with Gasteiger partial charge in [-0.2, -0.15) is 0 Å². The lowest BCUT2D eigenvalue weighted by Gasteiger charge is -2.21. The van der Waals surface area contributed by atoms with Gasteiger partial charge in [0.1, 0.15) is 17.9 Å². The largest absolute Gasteiger partial charge is 0.491 e. The summed E-state index contributed by atoms with van der Waals surface area (Å²) in [6, 6.07) is 7.19. The maximum atomic E-state index is 11.0. The van der Waals surface area contributed by atoms with Crippen LogP contribution in [0.15, 0.2) is 24.3 Å². The van der Waals surface area contributed by atoms with Crippen molar-refractivity contribution in [2.24, 2.45) is 0 Å². The van der Waals surface area contributed by atoms with Gasteiger partial charge >= 0.3 is 5.97 Å². The molecule has 0 spiro atoms. The molecule has 19 heavy (non-hydrogen) atoms. The number of carboxylic acid groups (broad SMARTS) is 1. The summed E-state index contributed by atoms with van der Waals surface area (Å²) in [6.45, 7) is 1.93. The first-order chi connectivity index (χ1) is 9.22. The molecular weight excluding hydrogens is 246 g/mol. The lowest BCUT2D eigenvalue weighted by Crippen LogP contribution is -2.33. The fourth-order valence-electron chi connectivity index (χ4n) is 2.09. The zero-order chi connectivity index (χ0) is 13.7. The molecule has 0 unspecified atom stereocenters. The van der Waals surface area contributed by atoms with Crippen LogP contribution in [0.2, 0.25) is 0 Å². The first-order valence-corrected chi connectivity index (χ1v) is 6.52. The molecule has 104 valence electrons.